The molecule has 2 aromatic rings. The minimum Gasteiger partial charge on any atom is -0.489 e. The van der Waals surface area contributed by atoms with E-state index in [1.807, 2.05) is 42.5 Å². The lowest BCUT2D eigenvalue weighted by atomic mass is 10.1. The van der Waals surface area contributed by atoms with Crippen LogP contribution in [0.3, 0.4) is 0 Å². The van der Waals surface area contributed by atoms with Crippen LogP contribution in [0.15, 0.2) is 48.5 Å². The molecule has 0 amide bonds. The van der Waals surface area contributed by atoms with Crippen molar-refractivity contribution < 1.29 is 4.74 Å². The van der Waals surface area contributed by atoms with Crippen LogP contribution in [0, 0.1) is 0 Å². The summed E-state index contributed by atoms with van der Waals surface area (Å²) < 4.78 is 5.85. The molecule has 2 rings (SSSR count). The van der Waals surface area contributed by atoms with E-state index in [-0.39, 0.29) is 0 Å². The number of nitrogens with two attached hydrogens (primary N) is 1. The van der Waals surface area contributed by atoms with Gasteiger partial charge in [-0.25, -0.2) is 0 Å². The summed E-state index contributed by atoms with van der Waals surface area (Å²) in [5, 5.41) is 0. The highest BCUT2D eigenvalue weighted by Crippen LogP contribution is 2.19. The second-order valence-electron chi connectivity index (χ2n) is 4.31. The van der Waals surface area contributed by atoms with E-state index in [2.05, 4.69) is 13.0 Å². The van der Waals surface area contributed by atoms with Gasteiger partial charge in [-0.05, 0) is 23.6 Å². The summed E-state index contributed by atoms with van der Waals surface area (Å²) in [5.74, 6) is 0.948. The highest BCUT2D eigenvalue weighted by Gasteiger charge is 2.02. The van der Waals surface area contributed by atoms with Gasteiger partial charge in [0.15, 0.2) is 0 Å². The minimum atomic E-state index is 0.420. The molecule has 19 heavy (non-hydrogen) atoms. The molecule has 0 spiro atoms. The zero-order valence-corrected chi connectivity index (χ0v) is 11.7. The molecule has 0 saturated heterocycles. The summed E-state index contributed by atoms with van der Waals surface area (Å²) in [7, 11) is 0. The molecule has 0 fully saturated rings. The Balaban J connectivity index is 2.04. The molecule has 2 aromatic carbocycles. The lowest BCUT2D eigenvalue weighted by Gasteiger charge is -2.10. The first-order chi connectivity index (χ1) is 9.20. The van der Waals surface area contributed by atoms with Crippen LogP contribution in [0.4, 0.5) is 0 Å². The summed E-state index contributed by atoms with van der Waals surface area (Å²) in [6.07, 6.45) is 0.969. The monoisotopic (exact) mass is 271 g/mol. The summed E-state index contributed by atoms with van der Waals surface area (Å²) in [6.45, 7) is 2.67. The minimum absolute atomic E-state index is 0.420. The number of aryl methyl sites for hydroxylation is 1. The van der Waals surface area contributed by atoms with Gasteiger partial charge in [-0.1, -0.05) is 61.6 Å². The molecule has 0 aromatic heterocycles. The molecule has 0 saturated carbocycles. The maximum absolute atomic E-state index is 5.85. The van der Waals surface area contributed by atoms with E-state index in [0.29, 0.717) is 11.6 Å². The molecule has 0 atom stereocenters. The second kappa shape index (κ2) is 6.34. The Hall–Kier alpha value is -1.87. The molecule has 0 unspecified atom stereocenters. The fourth-order valence-electron chi connectivity index (χ4n) is 1.86. The Labute approximate surface area is 119 Å². The van der Waals surface area contributed by atoms with Crippen LogP contribution < -0.4 is 10.5 Å². The van der Waals surface area contributed by atoms with Crippen LogP contribution in [0.25, 0.3) is 0 Å². The van der Waals surface area contributed by atoms with Crippen molar-refractivity contribution in [2.45, 2.75) is 20.0 Å². The Morgan fingerprint density at radius 2 is 1.79 bits per heavy atom. The molecule has 98 valence electrons. The van der Waals surface area contributed by atoms with Crippen LogP contribution in [-0.2, 0) is 13.0 Å². The first-order valence-electron chi connectivity index (χ1n) is 6.30. The number of hydrogen-bond donors (Lipinski definition) is 1. The van der Waals surface area contributed by atoms with Gasteiger partial charge < -0.3 is 10.5 Å². The van der Waals surface area contributed by atoms with Crippen LogP contribution in [0.2, 0.25) is 0 Å². The first-order valence-corrected chi connectivity index (χ1v) is 6.71. The van der Waals surface area contributed by atoms with Crippen LogP contribution in [0.1, 0.15) is 23.6 Å². The van der Waals surface area contributed by atoms with Crippen molar-refractivity contribution in [2.24, 2.45) is 5.73 Å². The lowest BCUT2D eigenvalue weighted by molar-refractivity contribution is 0.303. The molecule has 0 aliphatic heterocycles. The predicted octanol–water partition coefficient (Wildman–Crippen LogP) is 3.46. The Morgan fingerprint density at radius 3 is 2.42 bits per heavy atom. The average molecular weight is 271 g/mol. The van der Waals surface area contributed by atoms with Gasteiger partial charge in [-0.15, -0.1) is 0 Å². The number of rotatable bonds is 5. The predicted molar refractivity (Wildman–Crippen MR) is 82.5 cm³/mol. The average Bonchev–Trinajstić information content (AvgIpc) is 2.45. The molecular weight excluding hydrogens is 254 g/mol. The SMILES string of the molecule is CCc1ccccc1OCc1ccc(C(N)=S)cc1. The van der Waals surface area contributed by atoms with Gasteiger partial charge in [-0.2, -0.15) is 0 Å². The zero-order valence-electron chi connectivity index (χ0n) is 10.9. The molecular formula is C16H17NOS. The molecule has 0 radical (unpaired) electrons. The second-order valence-corrected chi connectivity index (χ2v) is 4.75. The lowest BCUT2D eigenvalue weighted by Crippen LogP contribution is -2.09. The number of benzene rings is 2. The van der Waals surface area contributed by atoms with Crippen LogP contribution in [0.5, 0.6) is 5.75 Å². The van der Waals surface area contributed by atoms with Gasteiger partial charge in [0.1, 0.15) is 17.3 Å². The molecule has 0 aliphatic carbocycles. The quantitative estimate of drug-likeness (QED) is 0.846. The van der Waals surface area contributed by atoms with Crippen LogP contribution in [-0.4, -0.2) is 4.99 Å². The molecule has 0 heterocycles. The third-order valence-corrected chi connectivity index (χ3v) is 3.22. The van der Waals surface area contributed by atoms with E-state index < -0.39 is 0 Å². The smallest absolute Gasteiger partial charge is 0.122 e. The third-order valence-electron chi connectivity index (χ3n) is 2.99. The summed E-state index contributed by atoms with van der Waals surface area (Å²) in [6, 6.07) is 15.9. The van der Waals surface area contributed by atoms with Gasteiger partial charge in [0.05, 0.1) is 0 Å². The van der Waals surface area contributed by atoms with E-state index in [9.17, 15) is 0 Å². The van der Waals surface area contributed by atoms with Gasteiger partial charge in [-0.3, -0.25) is 0 Å². The Morgan fingerprint density at radius 1 is 1.11 bits per heavy atom. The van der Waals surface area contributed by atoms with E-state index in [0.717, 1.165) is 23.3 Å². The molecule has 2 nitrogen and oxygen atoms in total. The maximum atomic E-state index is 5.85. The van der Waals surface area contributed by atoms with Crippen molar-refractivity contribution in [3.63, 3.8) is 0 Å². The summed E-state index contributed by atoms with van der Waals surface area (Å²) in [5.41, 5.74) is 8.78. The van der Waals surface area contributed by atoms with E-state index in [4.69, 9.17) is 22.7 Å². The van der Waals surface area contributed by atoms with Crippen LogP contribution >= 0.6 is 12.2 Å². The largest absolute Gasteiger partial charge is 0.489 e. The number of hydrogen-bond acceptors (Lipinski definition) is 2. The van der Waals surface area contributed by atoms with Crippen molar-refractivity contribution in [1.29, 1.82) is 0 Å². The number of para-hydroxylation sites is 1. The molecule has 2 N–H and O–H groups in total. The fraction of sp³-hybridized carbons (Fsp3) is 0.188. The molecule has 0 bridgehead atoms. The van der Waals surface area contributed by atoms with Gasteiger partial charge in [0.25, 0.3) is 0 Å². The number of ether oxygens (including phenoxy) is 1. The highest BCUT2D eigenvalue weighted by atomic mass is 32.1. The standard InChI is InChI=1S/C16H17NOS/c1-2-13-5-3-4-6-15(13)18-11-12-7-9-14(10-8-12)16(17)19/h3-10H,2,11H2,1H3,(H2,17,19). The maximum Gasteiger partial charge on any atom is 0.122 e. The van der Waals surface area contributed by atoms with Gasteiger partial charge in [0.2, 0.25) is 0 Å². The summed E-state index contributed by atoms with van der Waals surface area (Å²) in [4.78, 5) is 0.420. The van der Waals surface area contributed by atoms with Crippen molar-refractivity contribution in [2.75, 3.05) is 0 Å². The normalized spacial score (nSPS) is 10.2. The zero-order chi connectivity index (χ0) is 13.7. The Bertz CT molecular complexity index is 563. The van der Waals surface area contributed by atoms with Gasteiger partial charge in [0, 0.05) is 5.56 Å². The molecule has 0 aliphatic rings. The molecule has 3 heteroatoms. The van der Waals surface area contributed by atoms with Crippen molar-refractivity contribution in [1.82, 2.24) is 0 Å². The summed E-state index contributed by atoms with van der Waals surface area (Å²) >= 11 is 4.93. The van der Waals surface area contributed by atoms with E-state index >= 15 is 0 Å². The van der Waals surface area contributed by atoms with E-state index in [1.165, 1.54) is 5.56 Å². The third kappa shape index (κ3) is 3.55. The van der Waals surface area contributed by atoms with Crippen molar-refractivity contribution >= 4 is 17.2 Å². The first kappa shape index (κ1) is 13.6. The highest BCUT2D eigenvalue weighted by molar-refractivity contribution is 7.80. The van der Waals surface area contributed by atoms with Crippen molar-refractivity contribution in [3.05, 3.63) is 65.2 Å². The Kier molecular flexibility index (Phi) is 4.53. The van der Waals surface area contributed by atoms with Gasteiger partial charge >= 0.3 is 0 Å². The van der Waals surface area contributed by atoms with Crippen molar-refractivity contribution in [3.8, 4) is 5.75 Å². The topological polar surface area (TPSA) is 35.2 Å². The van der Waals surface area contributed by atoms with E-state index in [1.54, 1.807) is 0 Å². The fourth-order valence-corrected chi connectivity index (χ4v) is 2.00. The number of thiocarbonyl (C=S) groups is 1.